The summed E-state index contributed by atoms with van der Waals surface area (Å²) < 4.78 is 40.4. The lowest BCUT2D eigenvalue weighted by Gasteiger charge is -2.32. The maximum Gasteiger partial charge on any atom is 0.573 e. The number of nitrogens with zero attached hydrogens (tertiary/aromatic N) is 1. The molecule has 2 aromatic carbocycles. The molecule has 0 aromatic heterocycles. The summed E-state index contributed by atoms with van der Waals surface area (Å²) >= 11 is 0. The lowest BCUT2D eigenvalue weighted by Crippen LogP contribution is -2.46. The van der Waals surface area contributed by atoms with Gasteiger partial charge in [0.2, 0.25) is 5.91 Å². The highest BCUT2D eigenvalue weighted by molar-refractivity contribution is 5.94. The second-order valence-corrected chi connectivity index (χ2v) is 6.86. The van der Waals surface area contributed by atoms with Gasteiger partial charge in [-0.3, -0.25) is 9.59 Å². The maximum atomic E-state index is 12.5. The first kappa shape index (κ1) is 20.7. The highest BCUT2D eigenvalue weighted by atomic mass is 19.4. The summed E-state index contributed by atoms with van der Waals surface area (Å²) in [7, 11) is 0. The zero-order valence-corrected chi connectivity index (χ0v) is 15.6. The average molecular weight is 406 g/mol. The Morgan fingerprint density at radius 1 is 1.00 bits per heavy atom. The van der Waals surface area contributed by atoms with E-state index in [1.54, 1.807) is 29.2 Å². The molecular formula is C21H21F3N2O3. The molecule has 0 unspecified atom stereocenters. The fourth-order valence-electron chi connectivity index (χ4n) is 3.23. The predicted molar refractivity (Wildman–Crippen MR) is 100 cm³/mol. The van der Waals surface area contributed by atoms with Crippen molar-refractivity contribution in [3.8, 4) is 5.75 Å². The van der Waals surface area contributed by atoms with Crippen LogP contribution in [0, 0.1) is 0 Å². The van der Waals surface area contributed by atoms with Gasteiger partial charge in [0.05, 0.1) is 6.42 Å². The minimum atomic E-state index is -4.74. The Morgan fingerprint density at radius 3 is 2.21 bits per heavy atom. The van der Waals surface area contributed by atoms with E-state index in [2.05, 4.69) is 10.1 Å². The summed E-state index contributed by atoms with van der Waals surface area (Å²) in [5.41, 5.74) is 1.22. The molecule has 1 fully saturated rings. The Hall–Kier alpha value is -3.03. The number of nitrogens with one attached hydrogen (secondary N) is 1. The predicted octanol–water partition coefficient (Wildman–Crippen LogP) is 3.55. The Kier molecular flexibility index (Phi) is 6.41. The van der Waals surface area contributed by atoms with Gasteiger partial charge in [-0.25, -0.2) is 0 Å². The molecule has 0 radical (unpaired) electrons. The highest BCUT2D eigenvalue weighted by Crippen LogP contribution is 2.23. The van der Waals surface area contributed by atoms with Crippen molar-refractivity contribution in [2.75, 3.05) is 13.1 Å². The number of carbonyl (C=O) groups is 2. The second-order valence-electron chi connectivity index (χ2n) is 6.86. The number of hydrogen-bond donors (Lipinski definition) is 1. The average Bonchev–Trinajstić information content (AvgIpc) is 2.69. The van der Waals surface area contributed by atoms with Gasteiger partial charge in [0.1, 0.15) is 5.75 Å². The molecule has 0 spiro atoms. The number of benzene rings is 2. The van der Waals surface area contributed by atoms with Gasteiger partial charge in [0.15, 0.2) is 0 Å². The van der Waals surface area contributed by atoms with Crippen LogP contribution in [0.5, 0.6) is 5.75 Å². The molecule has 3 rings (SSSR count). The zero-order chi connectivity index (χ0) is 20.9. The molecule has 0 bridgehead atoms. The zero-order valence-electron chi connectivity index (χ0n) is 15.6. The van der Waals surface area contributed by atoms with Gasteiger partial charge < -0.3 is 15.0 Å². The standard InChI is InChI=1S/C21H21F3N2O3/c22-21(23,24)29-18-8-6-15(7-9-18)14-19(27)26-12-10-17(11-13-26)25-20(28)16-4-2-1-3-5-16/h1-9,17H,10-14H2,(H,25,28). The molecule has 1 aliphatic rings. The maximum absolute atomic E-state index is 12.5. The van der Waals surface area contributed by atoms with E-state index in [9.17, 15) is 22.8 Å². The third-order valence-electron chi connectivity index (χ3n) is 4.73. The molecule has 29 heavy (non-hydrogen) atoms. The van der Waals surface area contributed by atoms with Crippen LogP contribution >= 0.6 is 0 Å². The Morgan fingerprint density at radius 2 is 1.62 bits per heavy atom. The van der Waals surface area contributed by atoms with Crippen molar-refractivity contribution in [1.29, 1.82) is 0 Å². The second kappa shape index (κ2) is 8.98. The van der Waals surface area contributed by atoms with E-state index >= 15 is 0 Å². The van der Waals surface area contributed by atoms with Crippen molar-refractivity contribution in [2.24, 2.45) is 0 Å². The van der Waals surface area contributed by atoms with Crippen LogP contribution in [0.4, 0.5) is 13.2 Å². The molecule has 1 saturated heterocycles. The number of alkyl halides is 3. The molecule has 2 aromatic rings. The van der Waals surface area contributed by atoms with Gasteiger partial charge in [-0.05, 0) is 42.7 Å². The molecule has 0 atom stereocenters. The van der Waals surface area contributed by atoms with Gasteiger partial charge >= 0.3 is 6.36 Å². The Balaban J connectivity index is 1.46. The molecule has 154 valence electrons. The summed E-state index contributed by atoms with van der Waals surface area (Å²) in [6, 6.07) is 14.2. The molecule has 8 heteroatoms. The number of ether oxygens (including phenoxy) is 1. The van der Waals surface area contributed by atoms with Gasteiger partial charge in [0.25, 0.3) is 5.91 Å². The van der Waals surface area contributed by atoms with Crippen LogP contribution in [-0.4, -0.2) is 42.2 Å². The topological polar surface area (TPSA) is 58.6 Å². The van der Waals surface area contributed by atoms with Crippen molar-refractivity contribution < 1.29 is 27.5 Å². The van der Waals surface area contributed by atoms with E-state index in [1.807, 2.05) is 6.07 Å². The molecule has 0 aliphatic carbocycles. The Labute approximate surface area is 166 Å². The first-order chi connectivity index (χ1) is 13.8. The quantitative estimate of drug-likeness (QED) is 0.826. The van der Waals surface area contributed by atoms with Crippen LogP contribution in [0.15, 0.2) is 54.6 Å². The lowest BCUT2D eigenvalue weighted by atomic mass is 10.0. The SMILES string of the molecule is O=C(NC1CCN(C(=O)Cc2ccc(OC(F)(F)F)cc2)CC1)c1ccccc1. The first-order valence-corrected chi connectivity index (χ1v) is 9.28. The minimum absolute atomic E-state index is 0.00515. The summed E-state index contributed by atoms with van der Waals surface area (Å²) in [5.74, 6) is -0.539. The molecule has 1 aliphatic heterocycles. The Bertz CT molecular complexity index is 830. The highest BCUT2D eigenvalue weighted by Gasteiger charge is 2.31. The van der Waals surface area contributed by atoms with Gasteiger partial charge in [-0.2, -0.15) is 0 Å². The largest absolute Gasteiger partial charge is 0.573 e. The number of hydrogen-bond acceptors (Lipinski definition) is 3. The summed E-state index contributed by atoms with van der Waals surface area (Å²) in [6.07, 6.45) is -3.32. The summed E-state index contributed by atoms with van der Waals surface area (Å²) in [6.45, 7) is 1.04. The van der Waals surface area contributed by atoms with Crippen LogP contribution in [0.1, 0.15) is 28.8 Å². The lowest BCUT2D eigenvalue weighted by molar-refractivity contribution is -0.274. The van der Waals surface area contributed by atoms with Gasteiger partial charge in [0, 0.05) is 24.7 Å². The number of halogens is 3. The molecule has 1 heterocycles. The number of amides is 2. The van der Waals surface area contributed by atoms with E-state index < -0.39 is 6.36 Å². The molecular weight excluding hydrogens is 385 g/mol. The van der Waals surface area contributed by atoms with Crippen molar-refractivity contribution in [2.45, 2.75) is 31.7 Å². The van der Waals surface area contributed by atoms with Crippen LogP contribution in [0.3, 0.4) is 0 Å². The smallest absolute Gasteiger partial charge is 0.406 e. The van der Waals surface area contributed by atoms with Crippen molar-refractivity contribution >= 4 is 11.8 Å². The van der Waals surface area contributed by atoms with Crippen LogP contribution in [-0.2, 0) is 11.2 Å². The van der Waals surface area contributed by atoms with Crippen molar-refractivity contribution in [1.82, 2.24) is 10.2 Å². The normalized spacial score (nSPS) is 15.1. The van der Waals surface area contributed by atoms with Gasteiger partial charge in [-0.15, -0.1) is 13.2 Å². The van der Waals surface area contributed by atoms with E-state index in [-0.39, 0.29) is 30.0 Å². The molecule has 1 N–H and O–H groups in total. The minimum Gasteiger partial charge on any atom is -0.406 e. The van der Waals surface area contributed by atoms with Crippen molar-refractivity contribution in [3.05, 3.63) is 65.7 Å². The van der Waals surface area contributed by atoms with Crippen molar-refractivity contribution in [3.63, 3.8) is 0 Å². The third-order valence-corrected chi connectivity index (χ3v) is 4.73. The van der Waals surface area contributed by atoms with E-state index in [4.69, 9.17) is 0 Å². The van der Waals surface area contributed by atoms with Crippen LogP contribution in [0.2, 0.25) is 0 Å². The van der Waals surface area contributed by atoms with E-state index in [0.717, 1.165) is 0 Å². The third kappa shape index (κ3) is 6.23. The number of rotatable bonds is 5. The fraction of sp³-hybridized carbons (Fsp3) is 0.333. The number of likely N-dealkylation sites (tertiary alicyclic amines) is 1. The number of carbonyl (C=O) groups excluding carboxylic acids is 2. The van der Waals surface area contributed by atoms with Gasteiger partial charge in [-0.1, -0.05) is 30.3 Å². The van der Waals surface area contributed by atoms with Crippen LogP contribution < -0.4 is 10.1 Å². The summed E-state index contributed by atoms with van der Waals surface area (Å²) in [4.78, 5) is 26.4. The monoisotopic (exact) mass is 406 g/mol. The van der Waals surface area contributed by atoms with E-state index in [0.29, 0.717) is 37.1 Å². The first-order valence-electron chi connectivity index (χ1n) is 9.28. The number of piperidine rings is 1. The summed E-state index contributed by atoms with van der Waals surface area (Å²) in [5, 5.41) is 2.99. The molecule has 0 saturated carbocycles. The van der Waals surface area contributed by atoms with Crippen LogP contribution in [0.25, 0.3) is 0 Å². The molecule has 5 nitrogen and oxygen atoms in total. The fourth-order valence-corrected chi connectivity index (χ4v) is 3.23. The van der Waals surface area contributed by atoms with E-state index in [1.165, 1.54) is 24.3 Å². The molecule has 2 amide bonds.